The zero-order chi connectivity index (χ0) is 8.27. The fraction of sp³-hybridized carbons (Fsp3) is 0. The van der Waals surface area contributed by atoms with Gasteiger partial charge >= 0.3 is 5.69 Å². The molecule has 1 rings (SSSR count). The summed E-state index contributed by atoms with van der Waals surface area (Å²) >= 11 is 0. The van der Waals surface area contributed by atoms with Crippen molar-refractivity contribution in [2.75, 3.05) is 0 Å². The molecule has 0 heterocycles. The molecular weight excluding hydrogens is 142 g/mol. The van der Waals surface area contributed by atoms with Crippen molar-refractivity contribution >= 4 is 11.6 Å². The summed E-state index contributed by atoms with van der Waals surface area (Å²) in [5, 5.41) is 8.38. The molecule has 0 aliphatic rings. The molecule has 0 radical (unpaired) electrons. The Kier molecular flexibility index (Phi) is 1.83. The first-order valence-electron chi connectivity index (χ1n) is 2.99. The van der Waals surface area contributed by atoms with Gasteiger partial charge in [-0.15, -0.1) is 0 Å². The van der Waals surface area contributed by atoms with E-state index in [2.05, 4.69) is 4.98 Å². The van der Waals surface area contributed by atoms with Crippen molar-refractivity contribution in [2.24, 2.45) is 5.73 Å². The van der Waals surface area contributed by atoms with Crippen LogP contribution in [0.25, 0.3) is 4.98 Å². The zero-order valence-electron chi connectivity index (χ0n) is 5.69. The molecule has 4 nitrogen and oxygen atoms in total. The zero-order valence-corrected chi connectivity index (χ0v) is 5.69. The molecule has 0 aliphatic heterocycles. The third kappa shape index (κ3) is 1.33. The molecule has 0 unspecified atom stereocenters. The Labute approximate surface area is 63.3 Å². The number of hydrogen-bond donors (Lipinski definition) is 1. The molecule has 0 spiro atoms. The summed E-state index contributed by atoms with van der Waals surface area (Å²) < 4.78 is 0. The van der Waals surface area contributed by atoms with E-state index in [4.69, 9.17) is 11.1 Å². The summed E-state index contributed by atoms with van der Waals surface area (Å²) in [5.41, 5.74) is 5.39. The van der Waals surface area contributed by atoms with Gasteiger partial charge in [0.15, 0.2) is 4.98 Å². The normalized spacial score (nSPS) is 8.64. The van der Waals surface area contributed by atoms with Crippen molar-refractivity contribution in [3.63, 3.8) is 0 Å². The maximum Gasteiger partial charge on any atom is 0.397 e. The van der Waals surface area contributed by atoms with Gasteiger partial charge in [-0.25, -0.2) is 0 Å². The standard InChI is InChI=1S/C7H5N3O/c8-7(11)5-3-1-2-4-6(5)10-9/h1-4H,(H-,8,11)/p+1. The average molecular weight is 148 g/mol. The van der Waals surface area contributed by atoms with Crippen LogP contribution in [0.15, 0.2) is 24.3 Å². The number of diazo groups is 1. The van der Waals surface area contributed by atoms with Gasteiger partial charge in [0, 0.05) is 6.07 Å². The molecule has 1 aromatic rings. The highest BCUT2D eigenvalue weighted by Gasteiger charge is 2.15. The first kappa shape index (κ1) is 7.22. The van der Waals surface area contributed by atoms with Gasteiger partial charge in [-0.1, -0.05) is 12.1 Å². The molecule has 1 amide bonds. The monoisotopic (exact) mass is 148 g/mol. The molecule has 0 bridgehead atoms. The summed E-state index contributed by atoms with van der Waals surface area (Å²) in [5.74, 6) is -0.599. The summed E-state index contributed by atoms with van der Waals surface area (Å²) in [6, 6.07) is 6.30. The number of benzene rings is 1. The lowest BCUT2D eigenvalue weighted by Crippen LogP contribution is -2.10. The van der Waals surface area contributed by atoms with Crippen molar-refractivity contribution < 1.29 is 4.79 Å². The third-order valence-electron chi connectivity index (χ3n) is 1.28. The lowest BCUT2D eigenvalue weighted by atomic mass is 10.2. The number of carbonyl (C=O) groups excluding carboxylic acids is 1. The van der Waals surface area contributed by atoms with Gasteiger partial charge in [-0.3, -0.25) is 4.79 Å². The predicted molar refractivity (Wildman–Crippen MR) is 39.7 cm³/mol. The van der Waals surface area contributed by atoms with Crippen LogP contribution in [0.4, 0.5) is 5.69 Å². The molecule has 0 aliphatic carbocycles. The van der Waals surface area contributed by atoms with E-state index in [9.17, 15) is 4.79 Å². The molecule has 2 N–H and O–H groups in total. The van der Waals surface area contributed by atoms with Gasteiger partial charge < -0.3 is 5.73 Å². The Bertz CT molecular complexity index is 327. The lowest BCUT2D eigenvalue weighted by molar-refractivity contribution is 0.100. The molecule has 4 heteroatoms. The van der Waals surface area contributed by atoms with Gasteiger partial charge in [-0.05, 0) is 6.07 Å². The molecule has 11 heavy (non-hydrogen) atoms. The summed E-state index contributed by atoms with van der Waals surface area (Å²) in [7, 11) is 0. The number of hydrogen-bond acceptors (Lipinski definition) is 2. The molecule has 0 atom stereocenters. The van der Waals surface area contributed by atoms with Crippen LogP contribution in [-0.4, -0.2) is 5.91 Å². The van der Waals surface area contributed by atoms with Gasteiger partial charge in [-0.2, -0.15) is 0 Å². The second-order valence-electron chi connectivity index (χ2n) is 1.98. The van der Waals surface area contributed by atoms with Crippen LogP contribution >= 0.6 is 0 Å². The third-order valence-corrected chi connectivity index (χ3v) is 1.28. The predicted octanol–water partition coefficient (Wildman–Crippen LogP) is 1.27. The second-order valence-corrected chi connectivity index (χ2v) is 1.98. The maximum absolute atomic E-state index is 10.6. The van der Waals surface area contributed by atoms with E-state index in [1.807, 2.05) is 0 Å². The smallest absolute Gasteiger partial charge is 0.365 e. The second kappa shape index (κ2) is 2.80. The van der Waals surface area contributed by atoms with Crippen molar-refractivity contribution in [1.29, 1.82) is 5.39 Å². The molecule has 0 saturated heterocycles. The maximum atomic E-state index is 10.6. The van der Waals surface area contributed by atoms with Crippen molar-refractivity contribution in [3.05, 3.63) is 34.8 Å². The highest BCUT2D eigenvalue weighted by atomic mass is 16.1. The average Bonchev–Trinajstić information content (AvgIpc) is 2.04. The largest absolute Gasteiger partial charge is 0.397 e. The SMILES string of the molecule is N#[N+]c1ccccc1C(N)=O. The van der Waals surface area contributed by atoms with Crippen LogP contribution < -0.4 is 5.73 Å². The number of nitrogens with two attached hydrogens (primary N) is 1. The Morgan fingerprint density at radius 3 is 2.55 bits per heavy atom. The Hall–Kier alpha value is -1.89. The van der Waals surface area contributed by atoms with E-state index in [-0.39, 0.29) is 11.3 Å². The van der Waals surface area contributed by atoms with Crippen molar-refractivity contribution in [1.82, 2.24) is 0 Å². The quantitative estimate of drug-likeness (QED) is 0.609. The Morgan fingerprint density at radius 2 is 2.09 bits per heavy atom. The van der Waals surface area contributed by atoms with E-state index >= 15 is 0 Å². The van der Waals surface area contributed by atoms with Crippen LogP contribution in [0.3, 0.4) is 0 Å². The summed E-state index contributed by atoms with van der Waals surface area (Å²) in [4.78, 5) is 13.5. The minimum Gasteiger partial charge on any atom is -0.365 e. The van der Waals surface area contributed by atoms with E-state index < -0.39 is 5.91 Å². The van der Waals surface area contributed by atoms with E-state index in [1.165, 1.54) is 12.1 Å². The molecule has 0 aromatic heterocycles. The van der Waals surface area contributed by atoms with Gasteiger partial charge in [0.1, 0.15) is 5.56 Å². The Balaban J connectivity index is 3.26. The van der Waals surface area contributed by atoms with Crippen LogP contribution in [0, 0.1) is 5.39 Å². The molecule has 0 saturated carbocycles. The minimum atomic E-state index is -0.599. The first-order chi connectivity index (χ1) is 5.25. The van der Waals surface area contributed by atoms with Gasteiger partial charge in [0.2, 0.25) is 5.39 Å². The lowest BCUT2D eigenvalue weighted by Gasteiger charge is -1.87. The Morgan fingerprint density at radius 1 is 1.45 bits per heavy atom. The fourth-order valence-corrected chi connectivity index (χ4v) is 0.769. The van der Waals surface area contributed by atoms with Crippen molar-refractivity contribution in [2.45, 2.75) is 0 Å². The number of primary amides is 1. The fourth-order valence-electron chi connectivity index (χ4n) is 0.769. The summed E-state index contributed by atoms with van der Waals surface area (Å²) in [6.45, 7) is 0. The molecule has 1 aromatic carbocycles. The van der Waals surface area contributed by atoms with E-state index in [0.717, 1.165) is 0 Å². The van der Waals surface area contributed by atoms with Crippen LogP contribution in [0.5, 0.6) is 0 Å². The van der Waals surface area contributed by atoms with Crippen molar-refractivity contribution in [3.8, 4) is 0 Å². The topological polar surface area (TPSA) is 71.2 Å². The number of nitrogens with zero attached hydrogens (tertiary/aromatic N) is 2. The van der Waals surface area contributed by atoms with E-state index in [1.54, 1.807) is 12.1 Å². The minimum absolute atomic E-state index is 0.194. The molecule has 0 fully saturated rings. The van der Waals surface area contributed by atoms with E-state index in [0.29, 0.717) is 0 Å². The van der Waals surface area contributed by atoms with Crippen LogP contribution in [0.1, 0.15) is 10.4 Å². The number of carbonyl (C=O) groups is 1. The highest BCUT2D eigenvalue weighted by Crippen LogP contribution is 2.16. The number of amides is 1. The molecular formula is C7H6N3O+. The first-order valence-corrected chi connectivity index (χ1v) is 2.99. The van der Waals surface area contributed by atoms with Crippen LogP contribution in [-0.2, 0) is 0 Å². The van der Waals surface area contributed by atoms with Crippen LogP contribution in [0.2, 0.25) is 0 Å². The highest BCUT2D eigenvalue weighted by molar-refractivity contribution is 5.98. The number of rotatable bonds is 1. The summed E-state index contributed by atoms with van der Waals surface area (Å²) in [6.07, 6.45) is 0. The van der Waals surface area contributed by atoms with Gasteiger partial charge in [0.25, 0.3) is 5.91 Å². The van der Waals surface area contributed by atoms with Gasteiger partial charge in [0.05, 0.1) is 0 Å². The molecule has 54 valence electrons.